The highest BCUT2D eigenvalue weighted by molar-refractivity contribution is 7.92. The molecule has 3 atom stereocenters. The fraction of sp³-hybridized carbons (Fsp3) is 0.387. The van der Waals surface area contributed by atoms with Crippen LogP contribution in [0.3, 0.4) is 0 Å². The number of benzene rings is 3. The number of carbonyl (C=O) groups excluding carboxylic acids is 1. The summed E-state index contributed by atoms with van der Waals surface area (Å²) >= 11 is 0. The van der Waals surface area contributed by atoms with E-state index in [4.69, 9.17) is 14.2 Å². The Morgan fingerprint density at radius 2 is 1.83 bits per heavy atom. The number of nitrogens with one attached hydrogen (secondary N) is 1. The van der Waals surface area contributed by atoms with E-state index in [2.05, 4.69) is 9.62 Å². The van der Waals surface area contributed by atoms with Gasteiger partial charge < -0.3 is 24.2 Å². The number of likely N-dealkylation sites (N-methyl/N-ethyl adjacent to an activating group) is 1. The van der Waals surface area contributed by atoms with Crippen LogP contribution in [-0.4, -0.2) is 74.9 Å². The number of amides is 1. The predicted molar refractivity (Wildman–Crippen MR) is 158 cm³/mol. The van der Waals surface area contributed by atoms with Gasteiger partial charge >= 0.3 is 0 Å². The molecule has 1 amide bonds. The third-order valence-corrected chi connectivity index (χ3v) is 9.03. The zero-order valence-electron chi connectivity index (χ0n) is 24.2. The molecule has 0 saturated heterocycles. The largest absolute Gasteiger partial charge is 0.486 e. The Bertz CT molecular complexity index is 1540. The van der Waals surface area contributed by atoms with Crippen LogP contribution >= 0.6 is 0 Å². The minimum Gasteiger partial charge on any atom is -0.486 e. The van der Waals surface area contributed by atoms with Gasteiger partial charge in [0.2, 0.25) is 6.79 Å². The maximum absolute atomic E-state index is 13.7. The van der Waals surface area contributed by atoms with E-state index < -0.39 is 22.2 Å². The molecule has 0 aromatic heterocycles. The predicted octanol–water partition coefficient (Wildman–Crippen LogP) is 3.88. The third-order valence-electron chi connectivity index (χ3n) is 7.65. The molecule has 224 valence electrons. The standard InChI is InChI=1S/C31H37N3O7S/c1-20-8-11-24(12-9-20)42(37,38)32-26-7-5-6-25-30(26)41-29(21(2)15-34(31(25)36)22(3)18-35)17-33(4)16-23-10-13-27-28(14-23)40-19-39-27/h5-14,21-22,29,32,35H,15-19H2,1-4H3/t21-,22+,29+/m1/s1. The number of aryl methyl sites for hydroxylation is 1. The Kier molecular flexibility index (Phi) is 8.63. The summed E-state index contributed by atoms with van der Waals surface area (Å²) in [6, 6.07) is 16.8. The number of fused-ring (bicyclic) bond motifs is 2. The summed E-state index contributed by atoms with van der Waals surface area (Å²) in [5, 5.41) is 9.95. The number of hydrogen-bond donors (Lipinski definition) is 2. The van der Waals surface area contributed by atoms with Gasteiger partial charge in [-0.1, -0.05) is 36.8 Å². The molecular weight excluding hydrogens is 558 g/mol. The average molecular weight is 596 g/mol. The van der Waals surface area contributed by atoms with E-state index in [1.165, 1.54) is 12.1 Å². The third kappa shape index (κ3) is 6.33. The number of aliphatic hydroxyl groups excluding tert-OH is 1. The van der Waals surface area contributed by atoms with Crippen LogP contribution in [0.4, 0.5) is 5.69 Å². The highest BCUT2D eigenvalue weighted by Gasteiger charge is 2.35. The van der Waals surface area contributed by atoms with Crippen molar-refractivity contribution >= 4 is 21.6 Å². The molecular formula is C31H37N3O7S. The number of rotatable bonds is 9. The van der Waals surface area contributed by atoms with E-state index in [1.807, 2.05) is 39.1 Å². The van der Waals surface area contributed by atoms with Crippen LogP contribution in [0.25, 0.3) is 0 Å². The van der Waals surface area contributed by atoms with Gasteiger partial charge in [-0.15, -0.1) is 0 Å². The topological polar surface area (TPSA) is 118 Å². The lowest BCUT2D eigenvalue weighted by Crippen LogP contribution is -2.49. The van der Waals surface area contributed by atoms with Gasteiger partial charge in [0.05, 0.1) is 28.8 Å². The van der Waals surface area contributed by atoms with Crippen molar-refractivity contribution in [3.8, 4) is 17.2 Å². The van der Waals surface area contributed by atoms with Crippen LogP contribution in [0.2, 0.25) is 0 Å². The van der Waals surface area contributed by atoms with Gasteiger partial charge in [0, 0.05) is 25.6 Å². The van der Waals surface area contributed by atoms with E-state index in [1.54, 1.807) is 42.2 Å². The summed E-state index contributed by atoms with van der Waals surface area (Å²) in [6.07, 6.45) is -0.408. The van der Waals surface area contributed by atoms with Crippen molar-refractivity contribution in [2.75, 3.05) is 38.3 Å². The summed E-state index contributed by atoms with van der Waals surface area (Å²) in [5.41, 5.74) is 2.38. The molecule has 0 spiro atoms. The summed E-state index contributed by atoms with van der Waals surface area (Å²) in [6.45, 7) is 7.12. The molecule has 2 aliphatic rings. The molecule has 0 aliphatic carbocycles. The van der Waals surface area contributed by atoms with Gasteiger partial charge in [-0.3, -0.25) is 14.4 Å². The van der Waals surface area contributed by atoms with Crippen LogP contribution in [0.1, 0.15) is 35.3 Å². The molecule has 10 nitrogen and oxygen atoms in total. The second-order valence-electron chi connectivity index (χ2n) is 11.1. The Labute approximate surface area is 246 Å². The zero-order chi connectivity index (χ0) is 30.0. The van der Waals surface area contributed by atoms with Gasteiger partial charge in [0.15, 0.2) is 17.2 Å². The number of anilines is 1. The Morgan fingerprint density at radius 3 is 2.57 bits per heavy atom. The summed E-state index contributed by atoms with van der Waals surface area (Å²) in [5.74, 6) is 1.13. The SMILES string of the molecule is Cc1ccc(S(=O)(=O)Nc2cccc3c2O[C@@H](CN(C)Cc2ccc4c(c2)OCO4)[C@H](C)CN([C@@H](C)CO)C3=O)cc1. The van der Waals surface area contributed by atoms with Crippen molar-refractivity contribution in [3.63, 3.8) is 0 Å². The van der Waals surface area contributed by atoms with Crippen molar-refractivity contribution in [3.05, 3.63) is 77.4 Å². The molecule has 5 rings (SSSR count). The Morgan fingerprint density at radius 1 is 1.10 bits per heavy atom. The lowest BCUT2D eigenvalue weighted by molar-refractivity contribution is 0.0344. The fourth-order valence-electron chi connectivity index (χ4n) is 5.19. The summed E-state index contributed by atoms with van der Waals surface area (Å²) < 4.78 is 46.8. The maximum atomic E-state index is 13.7. The van der Waals surface area contributed by atoms with Crippen molar-refractivity contribution in [1.29, 1.82) is 0 Å². The number of para-hydroxylation sites is 1. The van der Waals surface area contributed by atoms with Gasteiger partial charge in [-0.05, 0) is 62.9 Å². The molecule has 0 fully saturated rings. The van der Waals surface area contributed by atoms with Gasteiger partial charge in [-0.25, -0.2) is 8.42 Å². The minimum atomic E-state index is -3.96. The molecule has 0 radical (unpaired) electrons. The van der Waals surface area contributed by atoms with E-state index in [0.717, 1.165) is 16.9 Å². The first kappa shape index (κ1) is 29.7. The normalized spacial score (nSPS) is 19.1. The molecule has 3 aromatic rings. The number of sulfonamides is 1. The fourth-order valence-corrected chi connectivity index (χ4v) is 6.25. The summed E-state index contributed by atoms with van der Waals surface area (Å²) in [4.78, 5) is 17.6. The molecule has 2 N–H and O–H groups in total. The molecule has 3 aromatic carbocycles. The first-order valence-corrected chi connectivity index (χ1v) is 15.4. The highest BCUT2D eigenvalue weighted by Crippen LogP contribution is 2.37. The van der Waals surface area contributed by atoms with Gasteiger partial charge in [-0.2, -0.15) is 0 Å². The smallest absolute Gasteiger partial charge is 0.262 e. The molecule has 0 saturated carbocycles. The van der Waals surface area contributed by atoms with Crippen LogP contribution in [-0.2, 0) is 16.6 Å². The monoisotopic (exact) mass is 595 g/mol. The highest BCUT2D eigenvalue weighted by atomic mass is 32.2. The molecule has 0 bridgehead atoms. The number of carbonyl (C=O) groups is 1. The Hall–Kier alpha value is -3.80. The average Bonchev–Trinajstić information content (AvgIpc) is 3.43. The molecule has 42 heavy (non-hydrogen) atoms. The van der Waals surface area contributed by atoms with Crippen LogP contribution in [0.15, 0.2) is 65.6 Å². The van der Waals surface area contributed by atoms with E-state index in [-0.39, 0.29) is 47.1 Å². The van der Waals surface area contributed by atoms with Crippen LogP contribution < -0.4 is 18.9 Å². The first-order chi connectivity index (χ1) is 20.1. The van der Waals surface area contributed by atoms with Crippen LogP contribution in [0.5, 0.6) is 17.2 Å². The second kappa shape index (κ2) is 12.2. The van der Waals surface area contributed by atoms with Crippen molar-refractivity contribution in [2.24, 2.45) is 5.92 Å². The molecule has 0 unspecified atom stereocenters. The van der Waals surface area contributed by atoms with Crippen molar-refractivity contribution in [2.45, 2.75) is 44.4 Å². The quantitative estimate of drug-likeness (QED) is 0.383. The number of aliphatic hydroxyl groups is 1. The van der Waals surface area contributed by atoms with Crippen molar-refractivity contribution < 1.29 is 32.5 Å². The number of nitrogens with zero attached hydrogens (tertiary/aromatic N) is 2. The van der Waals surface area contributed by atoms with E-state index >= 15 is 0 Å². The van der Waals surface area contributed by atoms with Crippen molar-refractivity contribution in [1.82, 2.24) is 9.80 Å². The zero-order valence-corrected chi connectivity index (χ0v) is 25.1. The molecule has 11 heteroatoms. The minimum absolute atomic E-state index is 0.104. The summed E-state index contributed by atoms with van der Waals surface area (Å²) in [7, 11) is -1.99. The van der Waals surface area contributed by atoms with E-state index in [9.17, 15) is 18.3 Å². The van der Waals surface area contributed by atoms with E-state index in [0.29, 0.717) is 25.4 Å². The lowest BCUT2D eigenvalue weighted by atomic mass is 9.99. The number of hydrogen-bond acceptors (Lipinski definition) is 8. The first-order valence-electron chi connectivity index (χ1n) is 13.9. The van der Waals surface area contributed by atoms with Crippen LogP contribution in [0, 0.1) is 12.8 Å². The molecule has 2 aliphatic heterocycles. The molecule has 2 heterocycles. The number of ether oxygens (including phenoxy) is 3. The van der Waals surface area contributed by atoms with Gasteiger partial charge in [0.1, 0.15) is 6.10 Å². The maximum Gasteiger partial charge on any atom is 0.262 e. The Balaban J connectivity index is 1.46. The van der Waals surface area contributed by atoms with Gasteiger partial charge in [0.25, 0.3) is 15.9 Å². The lowest BCUT2D eigenvalue weighted by Gasteiger charge is -2.38. The second-order valence-corrected chi connectivity index (χ2v) is 12.8.